The summed E-state index contributed by atoms with van der Waals surface area (Å²) in [5.74, 6) is -1.35. The minimum atomic E-state index is -1.95. The first-order valence-corrected chi connectivity index (χ1v) is 9.93. The zero-order valence-electron chi connectivity index (χ0n) is 17.5. The molecule has 0 amide bonds. The fourth-order valence-corrected chi connectivity index (χ4v) is 5.39. The van der Waals surface area contributed by atoms with Crippen LogP contribution < -0.4 is 14.2 Å². The number of methoxy groups -OCH3 is 3. The number of nitriles is 3. The minimum absolute atomic E-state index is 0.333. The average Bonchev–Trinajstić information content (AvgIpc) is 2.81. The molecular formula is C22H22N4O5. The molecule has 1 aliphatic carbocycles. The second kappa shape index (κ2) is 7.04. The van der Waals surface area contributed by atoms with Crippen molar-refractivity contribution in [3.05, 3.63) is 17.7 Å². The normalized spacial score (nSPS) is 32.5. The molecule has 1 spiro atoms. The van der Waals surface area contributed by atoms with Crippen LogP contribution in [0.3, 0.4) is 0 Å². The number of nitrogens with one attached hydrogen (secondary N) is 1. The third-order valence-corrected chi connectivity index (χ3v) is 6.81. The summed E-state index contributed by atoms with van der Waals surface area (Å²) >= 11 is 0. The predicted molar refractivity (Wildman–Crippen MR) is 105 cm³/mol. The topological polar surface area (TPSA) is 141 Å². The molecule has 3 heterocycles. The molecule has 4 aliphatic rings. The van der Waals surface area contributed by atoms with Crippen molar-refractivity contribution >= 4 is 5.90 Å². The van der Waals surface area contributed by atoms with Crippen molar-refractivity contribution in [3.8, 4) is 35.5 Å². The number of rotatable bonds is 4. The first kappa shape index (κ1) is 20.8. The summed E-state index contributed by atoms with van der Waals surface area (Å²) in [7, 11) is 4.40. The molecule has 160 valence electrons. The van der Waals surface area contributed by atoms with Gasteiger partial charge in [-0.3, -0.25) is 5.41 Å². The molecule has 3 aliphatic heterocycles. The van der Waals surface area contributed by atoms with Crippen molar-refractivity contribution in [2.45, 2.75) is 37.6 Å². The molecule has 2 bridgehead atoms. The quantitative estimate of drug-likeness (QED) is 0.779. The fourth-order valence-electron chi connectivity index (χ4n) is 5.39. The van der Waals surface area contributed by atoms with Crippen molar-refractivity contribution < 1.29 is 23.7 Å². The maximum absolute atomic E-state index is 10.4. The summed E-state index contributed by atoms with van der Waals surface area (Å²) < 4.78 is 28.6. The number of hydrogen-bond donors (Lipinski definition) is 1. The van der Waals surface area contributed by atoms with Crippen molar-refractivity contribution in [1.82, 2.24) is 0 Å². The van der Waals surface area contributed by atoms with Gasteiger partial charge < -0.3 is 23.7 Å². The van der Waals surface area contributed by atoms with Gasteiger partial charge in [0, 0.05) is 6.42 Å². The Morgan fingerprint density at radius 1 is 1.00 bits per heavy atom. The van der Waals surface area contributed by atoms with E-state index < -0.39 is 34.5 Å². The van der Waals surface area contributed by atoms with Gasteiger partial charge in [-0.25, -0.2) is 0 Å². The van der Waals surface area contributed by atoms with Crippen LogP contribution in [0.15, 0.2) is 12.1 Å². The van der Waals surface area contributed by atoms with Crippen LogP contribution in [-0.4, -0.2) is 33.0 Å². The van der Waals surface area contributed by atoms with E-state index in [0.717, 1.165) is 12.8 Å². The largest absolute Gasteiger partial charge is 0.493 e. The third-order valence-electron chi connectivity index (χ3n) is 6.81. The lowest BCUT2D eigenvalue weighted by molar-refractivity contribution is -0.360. The maximum Gasteiger partial charge on any atom is 0.218 e. The summed E-state index contributed by atoms with van der Waals surface area (Å²) in [6.07, 6.45) is 1.36. The van der Waals surface area contributed by atoms with Gasteiger partial charge in [0.1, 0.15) is 6.10 Å². The van der Waals surface area contributed by atoms with Crippen LogP contribution in [0.1, 0.15) is 37.4 Å². The van der Waals surface area contributed by atoms with Gasteiger partial charge in [0.25, 0.3) is 0 Å². The Balaban J connectivity index is 2.01. The van der Waals surface area contributed by atoms with Crippen molar-refractivity contribution in [1.29, 1.82) is 21.2 Å². The van der Waals surface area contributed by atoms with Crippen LogP contribution in [0.4, 0.5) is 0 Å². The average molecular weight is 422 g/mol. The van der Waals surface area contributed by atoms with E-state index in [-0.39, 0.29) is 0 Å². The highest BCUT2D eigenvalue weighted by Gasteiger charge is 2.80. The molecule has 1 aromatic carbocycles. The lowest BCUT2D eigenvalue weighted by Gasteiger charge is -2.63. The number of ether oxygens (including phenoxy) is 5. The zero-order valence-corrected chi connectivity index (χ0v) is 17.5. The Kier molecular flexibility index (Phi) is 4.72. The summed E-state index contributed by atoms with van der Waals surface area (Å²) in [6.45, 7) is 0. The fraction of sp³-hybridized carbons (Fsp3) is 0.545. The molecule has 4 unspecified atom stereocenters. The van der Waals surface area contributed by atoms with Crippen LogP contribution in [-0.2, 0) is 9.47 Å². The van der Waals surface area contributed by atoms with Crippen LogP contribution in [0.25, 0.3) is 0 Å². The lowest BCUT2D eigenvalue weighted by atomic mass is 9.48. The van der Waals surface area contributed by atoms with Crippen LogP contribution in [0, 0.1) is 56.2 Å². The molecule has 4 atom stereocenters. The highest BCUT2D eigenvalue weighted by atomic mass is 16.7. The van der Waals surface area contributed by atoms with Gasteiger partial charge in [0.2, 0.25) is 17.4 Å². The molecule has 0 radical (unpaired) electrons. The maximum atomic E-state index is 10.4. The molecule has 1 aromatic rings. The van der Waals surface area contributed by atoms with Gasteiger partial charge in [-0.15, -0.1) is 0 Å². The second-order valence-corrected chi connectivity index (χ2v) is 7.95. The molecule has 9 nitrogen and oxygen atoms in total. The molecule has 0 aromatic heterocycles. The van der Waals surface area contributed by atoms with E-state index in [2.05, 4.69) is 18.2 Å². The van der Waals surface area contributed by atoms with E-state index in [1.807, 2.05) is 0 Å². The van der Waals surface area contributed by atoms with Gasteiger partial charge in [-0.05, 0) is 30.5 Å². The van der Waals surface area contributed by atoms with Crippen molar-refractivity contribution in [3.63, 3.8) is 0 Å². The van der Waals surface area contributed by atoms with Crippen molar-refractivity contribution in [2.24, 2.45) is 16.7 Å². The van der Waals surface area contributed by atoms with E-state index in [1.165, 1.54) is 21.3 Å². The van der Waals surface area contributed by atoms with E-state index in [0.29, 0.717) is 35.7 Å². The van der Waals surface area contributed by atoms with E-state index in [1.54, 1.807) is 12.1 Å². The molecule has 3 saturated heterocycles. The van der Waals surface area contributed by atoms with Gasteiger partial charge in [0.05, 0.1) is 45.5 Å². The Morgan fingerprint density at radius 2 is 1.65 bits per heavy atom. The van der Waals surface area contributed by atoms with Crippen LogP contribution >= 0.6 is 0 Å². The Bertz CT molecular complexity index is 1030. The Morgan fingerprint density at radius 3 is 2.16 bits per heavy atom. The summed E-state index contributed by atoms with van der Waals surface area (Å²) in [4.78, 5) is 0. The number of fused-ring (bicyclic) bond motifs is 2. The van der Waals surface area contributed by atoms with Gasteiger partial charge in [-0.1, -0.05) is 6.42 Å². The number of nitrogens with zero attached hydrogens (tertiary/aromatic N) is 3. The first-order valence-electron chi connectivity index (χ1n) is 9.93. The van der Waals surface area contributed by atoms with Gasteiger partial charge in [-0.2, -0.15) is 15.8 Å². The second-order valence-electron chi connectivity index (χ2n) is 7.95. The van der Waals surface area contributed by atoms with Crippen LogP contribution in [0.2, 0.25) is 0 Å². The molecular weight excluding hydrogens is 400 g/mol. The molecule has 9 heteroatoms. The van der Waals surface area contributed by atoms with E-state index in [9.17, 15) is 15.8 Å². The SMILES string of the molecule is COc1cc(C2OC34CCCCC3C(C#N)(C#N)C2(C#N)C(=N)O4)cc(OC)c1OC. The summed E-state index contributed by atoms with van der Waals surface area (Å²) in [6, 6.07) is 9.58. The lowest BCUT2D eigenvalue weighted by Crippen LogP contribution is -2.73. The molecule has 1 N–H and O–H groups in total. The van der Waals surface area contributed by atoms with E-state index >= 15 is 0 Å². The summed E-state index contributed by atoms with van der Waals surface area (Å²) in [5.41, 5.74) is -3.33. The Labute approximate surface area is 180 Å². The zero-order chi connectivity index (χ0) is 22.4. The third kappa shape index (κ3) is 2.34. The summed E-state index contributed by atoms with van der Waals surface area (Å²) in [5, 5.41) is 39.5. The molecule has 5 rings (SSSR count). The first-order chi connectivity index (χ1) is 14.9. The standard InChI is InChI=1S/C22H22N4O5/c1-27-14-8-13(9-15(28-2)17(14)29-3)18-21(12-25)19(26)31-22(30-18)7-5-4-6-16(22)20(21,10-23)11-24/h8-9,16,18,26H,4-7H2,1-3H3. The van der Waals surface area contributed by atoms with Gasteiger partial charge in [0.15, 0.2) is 22.3 Å². The van der Waals surface area contributed by atoms with Gasteiger partial charge >= 0.3 is 0 Å². The van der Waals surface area contributed by atoms with Crippen molar-refractivity contribution in [2.75, 3.05) is 21.3 Å². The van der Waals surface area contributed by atoms with E-state index in [4.69, 9.17) is 29.1 Å². The highest BCUT2D eigenvalue weighted by molar-refractivity contribution is 5.89. The Hall–Kier alpha value is -3.48. The monoisotopic (exact) mass is 422 g/mol. The smallest absolute Gasteiger partial charge is 0.218 e. The molecule has 31 heavy (non-hydrogen) atoms. The molecule has 4 fully saturated rings. The highest BCUT2D eigenvalue weighted by Crippen LogP contribution is 2.69. The molecule has 1 saturated carbocycles. The predicted octanol–water partition coefficient (Wildman–Crippen LogP) is 3.22. The minimum Gasteiger partial charge on any atom is -0.493 e. The van der Waals surface area contributed by atoms with Crippen LogP contribution in [0.5, 0.6) is 17.2 Å². The number of hydrogen-bond acceptors (Lipinski definition) is 9. The number of benzene rings is 1.